The topological polar surface area (TPSA) is 34.2 Å². The Hall–Kier alpha value is -5.64. The summed E-state index contributed by atoms with van der Waals surface area (Å²) in [6.07, 6.45) is 25.5. The molecule has 3 aliphatic rings. The second kappa shape index (κ2) is 13.2. The molecule has 5 aromatic carbocycles. The fourth-order valence-corrected chi connectivity index (χ4v) is 8.35. The Labute approximate surface area is 301 Å². The van der Waals surface area contributed by atoms with Gasteiger partial charge in [-0.1, -0.05) is 121 Å². The average molecular weight is 662 g/mol. The van der Waals surface area contributed by atoms with Gasteiger partial charge in [-0.25, -0.2) is 0 Å². The van der Waals surface area contributed by atoms with Gasteiger partial charge in [-0.3, -0.25) is 0 Å². The molecule has 1 heterocycles. The number of para-hydroxylation sites is 2. The summed E-state index contributed by atoms with van der Waals surface area (Å²) in [5, 5.41) is 2.55. The lowest BCUT2D eigenvalue weighted by Crippen LogP contribution is -2.45. The molecular weight excluding hydrogens is 619 g/mol. The highest BCUT2D eigenvalue weighted by molar-refractivity contribution is 6.09. The van der Waals surface area contributed by atoms with Crippen LogP contribution in [0.2, 0.25) is 0 Å². The Morgan fingerprint density at radius 2 is 1.39 bits per heavy atom. The second-order valence-corrected chi connectivity index (χ2v) is 14.3. The molecule has 1 aromatic heterocycles. The number of nitrogens with two attached hydrogens (primary N) is 1. The third-order valence-corrected chi connectivity index (χ3v) is 11.2. The predicted octanol–water partition coefficient (Wildman–Crippen LogP) is 12.1. The van der Waals surface area contributed by atoms with Gasteiger partial charge < -0.3 is 15.2 Å². The minimum absolute atomic E-state index is 0.298. The fourth-order valence-electron chi connectivity index (χ4n) is 8.35. The van der Waals surface area contributed by atoms with E-state index in [1.165, 1.54) is 44.9 Å². The van der Waals surface area contributed by atoms with Gasteiger partial charge in [0.2, 0.25) is 0 Å². The molecule has 2 N–H and O–H groups in total. The Kier molecular flexibility index (Phi) is 8.14. The number of benzene rings is 5. The highest BCUT2D eigenvalue weighted by Gasteiger charge is 2.32. The summed E-state index contributed by atoms with van der Waals surface area (Å²) in [4.78, 5) is 2.38. The molecule has 0 aliphatic heterocycles. The van der Waals surface area contributed by atoms with Crippen molar-refractivity contribution in [2.75, 3.05) is 4.90 Å². The Morgan fingerprint density at radius 1 is 0.667 bits per heavy atom. The minimum atomic E-state index is -0.389. The van der Waals surface area contributed by atoms with Gasteiger partial charge in [-0.05, 0) is 109 Å². The Balaban J connectivity index is 1.06. The molecule has 0 saturated carbocycles. The van der Waals surface area contributed by atoms with E-state index < -0.39 is 0 Å². The van der Waals surface area contributed by atoms with E-state index in [0.29, 0.717) is 11.8 Å². The molecule has 3 aliphatic carbocycles. The number of nitrogens with zero attached hydrogens (tertiary/aromatic N) is 2. The molecule has 0 saturated heterocycles. The number of hydrogen-bond acceptors (Lipinski definition) is 2. The van der Waals surface area contributed by atoms with E-state index in [-0.39, 0.29) is 5.54 Å². The van der Waals surface area contributed by atoms with Crippen LogP contribution in [0, 0.1) is 5.92 Å². The number of hydrogen-bond donors (Lipinski definition) is 1. The van der Waals surface area contributed by atoms with Crippen molar-refractivity contribution < 1.29 is 0 Å². The third-order valence-electron chi connectivity index (χ3n) is 11.2. The van der Waals surface area contributed by atoms with Gasteiger partial charge in [0, 0.05) is 45.0 Å². The average Bonchev–Trinajstić information content (AvgIpc) is 3.54. The molecule has 3 unspecified atom stereocenters. The highest BCUT2D eigenvalue weighted by Crippen LogP contribution is 2.39. The lowest BCUT2D eigenvalue weighted by Gasteiger charge is -2.37. The van der Waals surface area contributed by atoms with Crippen LogP contribution in [-0.2, 0) is 0 Å². The summed E-state index contributed by atoms with van der Waals surface area (Å²) in [6.45, 7) is 0. The Bertz CT molecular complexity index is 2310. The summed E-state index contributed by atoms with van der Waals surface area (Å²) in [5.41, 5.74) is 17.5. The molecule has 0 spiro atoms. The molecular formula is C48H43N3. The van der Waals surface area contributed by atoms with E-state index in [1.54, 1.807) is 0 Å². The van der Waals surface area contributed by atoms with Crippen LogP contribution in [0.1, 0.15) is 43.6 Å². The molecule has 3 atom stereocenters. The van der Waals surface area contributed by atoms with Gasteiger partial charge >= 0.3 is 0 Å². The molecule has 0 amide bonds. The van der Waals surface area contributed by atoms with Gasteiger partial charge in [0.05, 0.1) is 11.0 Å². The summed E-state index contributed by atoms with van der Waals surface area (Å²) >= 11 is 0. The van der Waals surface area contributed by atoms with E-state index >= 15 is 0 Å². The van der Waals surface area contributed by atoms with Crippen LogP contribution in [-0.4, -0.2) is 10.1 Å². The van der Waals surface area contributed by atoms with E-state index in [0.717, 1.165) is 48.4 Å². The van der Waals surface area contributed by atoms with Crippen molar-refractivity contribution in [2.45, 2.75) is 43.6 Å². The largest absolute Gasteiger partial charge is 0.321 e. The van der Waals surface area contributed by atoms with E-state index in [2.05, 4.69) is 185 Å². The van der Waals surface area contributed by atoms with Crippen LogP contribution in [0.25, 0.3) is 38.6 Å². The van der Waals surface area contributed by atoms with Crippen LogP contribution in [0.15, 0.2) is 182 Å². The number of anilines is 2. The van der Waals surface area contributed by atoms with Gasteiger partial charge in [-0.15, -0.1) is 0 Å². The zero-order valence-corrected chi connectivity index (χ0v) is 28.9. The van der Waals surface area contributed by atoms with Gasteiger partial charge in [0.1, 0.15) is 0 Å². The summed E-state index contributed by atoms with van der Waals surface area (Å²) in [7, 11) is 0. The van der Waals surface area contributed by atoms with Crippen molar-refractivity contribution in [3.05, 3.63) is 187 Å². The van der Waals surface area contributed by atoms with E-state index in [4.69, 9.17) is 5.73 Å². The van der Waals surface area contributed by atoms with Crippen LogP contribution in [0.5, 0.6) is 0 Å². The van der Waals surface area contributed by atoms with Crippen LogP contribution < -0.4 is 10.6 Å². The third kappa shape index (κ3) is 5.88. The van der Waals surface area contributed by atoms with Crippen molar-refractivity contribution in [1.29, 1.82) is 0 Å². The molecule has 6 aromatic rings. The summed E-state index contributed by atoms with van der Waals surface area (Å²) in [6, 6.07) is 44.6. The lowest BCUT2D eigenvalue weighted by atomic mass is 9.76. The molecule has 51 heavy (non-hydrogen) atoms. The normalized spacial score (nSPS) is 21.3. The molecule has 250 valence electrons. The molecule has 9 rings (SSSR count). The maximum atomic E-state index is 7.03. The summed E-state index contributed by atoms with van der Waals surface area (Å²) < 4.78 is 2.39. The lowest BCUT2D eigenvalue weighted by molar-refractivity contribution is 0.394. The standard InChI is InChI=1S/C48H43N3/c49-48(39-15-5-2-6-16-39)32-30-42(31-33-48)50(40-26-22-36(23-27-40)35-12-3-1-4-13-35)41-28-24-37(25-29-41)38-14-11-17-43(34-38)51-46-20-9-7-18-44(46)45-19-8-10-21-47(45)51/h1-3,5-11,14-15,17-32,34-35,39H,4,12-13,16,33,49H2. The molecule has 3 heteroatoms. The molecule has 0 radical (unpaired) electrons. The van der Waals surface area contributed by atoms with Crippen molar-refractivity contribution in [3.63, 3.8) is 0 Å². The molecule has 0 fully saturated rings. The van der Waals surface area contributed by atoms with Crippen molar-refractivity contribution in [2.24, 2.45) is 11.7 Å². The molecule has 0 bridgehead atoms. The number of aromatic nitrogens is 1. The highest BCUT2D eigenvalue weighted by atomic mass is 15.1. The first-order chi connectivity index (χ1) is 25.1. The van der Waals surface area contributed by atoms with Crippen molar-refractivity contribution in [1.82, 2.24) is 4.57 Å². The van der Waals surface area contributed by atoms with Crippen molar-refractivity contribution in [3.8, 4) is 16.8 Å². The smallest absolute Gasteiger partial charge is 0.0541 e. The summed E-state index contributed by atoms with van der Waals surface area (Å²) in [5.74, 6) is 0.894. The Morgan fingerprint density at radius 3 is 2.04 bits per heavy atom. The number of fused-ring (bicyclic) bond motifs is 3. The second-order valence-electron chi connectivity index (χ2n) is 14.3. The minimum Gasteiger partial charge on any atom is -0.321 e. The fraction of sp³-hybridized carbons (Fsp3) is 0.167. The van der Waals surface area contributed by atoms with E-state index in [1.807, 2.05) is 0 Å². The predicted molar refractivity (Wildman–Crippen MR) is 216 cm³/mol. The zero-order chi connectivity index (χ0) is 34.2. The first-order valence-corrected chi connectivity index (χ1v) is 18.4. The van der Waals surface area contributed by atoms with Gasteiger partial charge in [0.25, 0.3) is 0 Å². The van der Waals surface area contributed by atoms with Crippen LogP contribution >= 0.6 is 0 Å². The number of rotatable bonds is 7. The zero-order valence-electron chi connectivity index (χ0n) is 28.9. The first kappa shape index (κ1) is 31.3. The van der Waals surface area contributed by atoms with Crippen LogP contribution in [0.3, 0.4) is 0 Å². The maximum absolute atomic E-state index is 7.03. The molecule has 3 nitrogen and oxygen atoms in total. The van der Waals surface area contributed by atoms with Gasteiger partial charge in [0.15, 0.2) is 0 Å². The quantitative estimate of drug-likeness (QED) is 0.173. The van der Waals surface area contributed by atoms with Crippen LogP contribution in [0.4, 0.5) is 11.4 Å². The monoisotopic (exact) mass is 661 g/mol. The SMILES string of the molecule is NC1(C2C=CC=CC2)C=CC(N(c2ccc(-c3cccc(-n4c5ccccc5c5ccccc54)c3)cc2)c2ccc(C3CC=CCC3)cc2)=CC1. The van der Waals surface area contributed by atoms with Gasteiger partial charge in [-0.2, -0.15) is 0 Å². The van der Waals surface area contributed by atoms with Crippen molar-refractivity contribution >= 4 is 33.2 Å². The number of allylic oxidation sites excluding steroid dienone is 6. The maximum Gasteiger partial charge on any atom is 0.0541 e. The van der Waals surface area contributed by atoms with E-state index in [9.17, 15) is 0 Å². The first-order valence-electron chi connectivity index (χ1n) is 18.4.